The van der Waals surface area contributed by atoms with E-state index in [0.717, 1.165) is 25.7 Å². The fourth-order valence-corrected chi connectivity index (χ4v) is 3.33. The van der Waals surface area contributed by atoms with Gasteiger partial charge >= 0.3 is 5.95 Å². The van der Waals surface area contributed by atoms with Crippen molar-refractivity contribution in [2.75, 3.05) is 6.54 Å². The summed E-state index contributed by atoms with van der Waals surface area (Å²) in [5, 5.41) is 17.1. The quantitative estimate of drug-likeness (QED) is 0.640. The van der Waals surface area contributed by atoms with Crippen LogP contribution in [0.2, 0.25) is 0 Å². The van der Waals surface area contributed by atoms with Gasteiger partial charge < -0.3 is 15.4 Å². The highest BCUT2D eigenvalue weighted by Crippen LogP contribution is 2.35. The molecule has 0 atom stereocenters. The van der Waals surface area contributed by atoms with E-state index < -0.39 is 10.9 Å². The van der Waals surface area contributed by atoms with Crippen molar-refractivity contribution in [3.05, 3.63) is 52.3 Å². The maximum Gasteiger partial charge on any atom is 0.490 e. The molecule has 132 valence electrons. The summed E-state index contributed by atoms with van der Waals surface area (Å²) in [4.78, 5) is 25.3. The van der Waals surface area contributed by atoms with E-state index >= 15 is 0 Å². The van der Waals surface area contributed by atoms with Crippen LogP contribution in [0.25, 0.3) is 0 Å². The number of nitro groups is 1. The summed E-state index contributed by atoms with van der Waals surface area (Å²) < 4.78 is 1.18. The smallest absolute Gasteiger partial charge is 0.390 e. The molecule has 8 heteroatoms. The van der Waals surface area contributed by atoms with Crippen molar-refractivity contribution in [3.63, 3.8) is 0 Å². The van der Waals surface area contributed by atoms with E-state index in [0.29, 0.717) is 18.4 Å². The Morgan fingerprint density at radius 1 is 1.24 bits per heavy atom. The molecule has 1 fully saturated rings. The summed E-state index contributed by atoms with van der Waals surface area (Å²) in [5.74, 6) is 0.398. The van der Waals surface area contributed by atoms with Gasteiger partial charge in [-0.25, -0.2) is 0 Å². The van der Waals surface area contributed by atoms with Gasteiger partial charge in [0.25, 0.3) is 0 Å². The van der Waals surface area contributed by atoms with Crippen LogP contribution in [0.15, 0.2) is 36.7 Å². The van der Waals surface area contributed by atoms with Crippen LogP contribution in [0, 0.1) is 16.0 Å². The van der Waals surface area contributed by atoms with Crippen molar-refractivity contribution in [3.8, 4) is 0 Å². The first-order valence-electron chi connectivity index (χ1n) is 8.47. The van der Waals surface area contributed by atoms with Gasteiger partial charge in [0.1, 0.15) is 6.54 Å². The minimum absolute atomic E-state index is 0.0554. The maximum absolute atomic E-state index is 12.0. The predicted molar refractivity (Wildman–Crippen MR) is 90.8 cm³/mol. The van der Waals surface area contributed by atoms with Crippen molar-refractivity contribution in [2.24, 2.45) is 5.92 Å². The van der Waals surface area contributed by atoms with Crippen LogP contribution in [0.5, 0.6) is 0 Å². The van der Waals surface area contributed by atoms with E-state index in [1.54, 1.807) is 0 Å². The number of aromatic nitrogens is 3. The van der Waals surface area contributed by atoms with E-state index in [1.165, 1.54) is 16.6 Å². The average molecular weight is 343 g/mol. The molecule has 0 bridgehead atoms. The summed E-state index contributed by atoms with van der Waals surface area (Å²) in [6, 6.07) is 10.6. The van der Waals surface area contributed by atoms with Gasteiger partial charge in [0.2, 0.25) is 12.2 Å². The minimum Gasteiger partial charge on any atom is -0.390 e. The largest absolute Gasteiger partial charge is 0.490 e. The first-order chi connectivity index (χ1) is 12.1. The number of benzene rings is 1. The molecule has 3 rings (SSSR count). The molecule has 0 spiro atoms. The summed E-state index contributed by atoms with van der Waals surface area (Å²) in [5.41, 5.74) is 1.40. The molecular weight excluding hydrogens is 322 g/mol. The van der Waals surface area contributed by atoms with Crippen LogP contribution in [0.3, 0.4) is 0 Å². The molecule has 1 saturated carbocycles. The highest BCUT2D eigenvalue weighted by molar-refractivity contribution is 5.75. The molecule has 2 aromatic rings. The van der Waals surface area contributed by atoms with Gasteiger partial charge in [-0.15, -0.1) is 0 Å². The van der Waals surface area contributed by atoms with Crippen LogP contribution in [-0.2, 0) is 11.3 Å². The lowest BCUT2D eigenvalue weighted by Gasteiger charge is -2.28. The number of hydrogen-bond donors (Lipinski definition) is 1. The van der Waals surface area contributed by atoms with Gasteiger partial charge in [0.05, 0.1) is 0 Å². The van der Waals surface area contributed by atoms with Crippen LogP contribution < -0.4 is 5.32 Å². The second kappa shape index (κ2) is 7.87. The fraction of sp³-hybridized carbons (Fsp3) is 0.471. The SMILES string of the molecule is O=C(Cn1cnc([N+](=O)[O-])n1)NCC1CCC(c2ccccc2)CC1. The third-order valence-corrected chi connectivity index (χ3v) is 4.70. The van der Waals surface area contributed by atoms with Crippen LogP contribution in [-0.4, -0.2) is 32.1 Å². The number of carbonyl (C=O) groups excluding carboxylic acids is 1. The lowest BCUT2D eigenvalue weighted by molar-refractivity contribution is -0.394. The zero-order valence-corrected chi connectivity index (χ0v) is 13.9. The first kappa shape index (κ1) is 17.1. The minimum atomic E-state index is -0.681. The molecule has 0 radical (unpaired) electrons. The maximum atomic E-state index is 12.0. The molecule has 1 aromatic heterocycles. The molecule has 1 aliphatic carbocycles. The van der Waals surface area contributed by atoms with E-state index in [4.69, 9.17) is 0 Å². The summed E-state index contributed by atoms with van der Waals surface area (Å²) >= 11 is 0. The molecule has 1 amide bonds. The molecule has 0 aliphatic heterocycles. The lowest BCUT2D eigenvalue weighted by atomic mass is 9.79. The van der Waals surface area contributed by atoms with Crippen molar-refractivity contribution in [1.29, 1.82) is 0 Å². The van der Waals surface area contributed by atoms with E-state index in [-0.39, 0.29) is 12.5 Å². The van der Waals surface area contributed by atoms with E-state index in [1.807, 2.05) is 6.07 Å². The van der Waals surface area contributed by atoms with Crippen LogP contribution >= 0.6 is 0 Å². The predicted octanol–water partition coefficient (Wildman–Crippen LogP) is 2.28. The monoisotopic (exact) mass is 343 g/mol. The van der Waals surface area contributed by atoms with Crippen LogP contribution in [0.4, 0.5) is 5.95 Å². The normalized spacial score (nSPS) is 20.2. The topological polar surface area (TPSA) is 103 Å². The zero-order chi connectivity index (χ0) is 17.6. The van der Waals surface area contributed by atoms with Crippen molar-refractivity contribution < 1.29 is 9.72 Å². The highest BCUT2D eigenvalue weighted by Gasteiger charge is 2.23. The first-order valence-corrected chi connectivity index (χ1v) is 8.47. The number of amides is 1. The van der Waals surface area contributed by atoms with Gasteiger partial charge in [-0.05, 0) is 48.0 Å². The average Bonchev–Trinajstić information content (AvgIpc) is 3.10. The Balaban J connectivity index is 1.40. The van der Waals surface area contributed by atoms with Crippen LogP contribution in [0.1, 0.15) is 37.2 Å². The molecule has 0 saturated heterocycles. The Bertz CT molecular complexity index is 723. The van der Waals surface area contributed by atoms with Crippen molar-refractivity contribution in [2.45, 2.75) is 38.1 Å². The molecule has 25 heavy (non-hydrogen) atoms. The lowest BCUT2D eigenvalue weighted by Crippen LogP contribution is -2.33. The molecule has 1 aliphatic rings. The number of carbonyl (C=O) groups is 1. The Labute approximate surface area is 145 Å². The Morgan fingerprint density at radius 2 is 1.96 bits per heavy atom. The van der Waals surface area contributed by atoms with Gasteiger partial charge in [-0.2, -0.15) is 4.68 Å². The van der Waals surface area contributed by atoms with Gasteiger partial charge in [0, 0.05) is 11.6 Å². The van der Waals surface area contributed by atoms with Gasteiger partial charge in [0.15, 0.2) is 0 Å². The number of nitrogens with one attached hydrogen (secondary N) is 1. The summed E-state index contributed by atoms with van der Waals surface area (Å²) in [6.07, 6.45) is 5.66. The Kier molecular flexibility index (Phi) is 5.37. The molecule has 8 nitrogen and oxygen atoms in total. The number of nitrogens with zero attached hydrogens (tertiary/aromatic N) is 4. The third kappa shape index (κ3) is 4.62. The molecule has 1 N–H and O–H groups in total. The second-order valence-corrected chi connectivity index (χ2v) is 6.43. The Morgan fingerprint density at radius 3 is 2.60 bits per heavy atom. The number of rotatable bonds is 6. The second-order valence-electron chi connectivity index (χ2n) is 6.43. The fourth-order valence-electron chi connectivity index (χ4n) is 3.33. The number of hydrogen-bond acceptors (Lipinski definition) is 5. The Hall–Kier alpha value is -2.77. The summed E-state index contributed by atoms with van der Waals surface area (Å²) in [6.45, 7) is 0.581. The summed E-state index contributed by atoms with van der Waals surface area (Å²) in [7, 11) is 0. The van der Waals surface area contributed by atoms with E-state index in [9.17, 15) is 14.9 Å². The van der Waals surface area contributed by atoms with Gasteiger partial charge in [-0.3, -0.25) is 4.79 Å². The van der Waals surface area contributed by atoms with Crippen molar-refractivity contribution in [1.82, 2.24) is 20.1 Å². The molecule has 1 aromatic carbocycles. The molecule has 0 unspecified atom stereocenters. The third-order valence-electron chi connectivity index (χ3n) is 4.70. The molecule has 1 heterocycles. The molecular formula is C17H21N5O3. The van der Waals surface area contributed by atoms with E-state index in [2.05, 4.69) is 39.7 Å². The highest BCUT2D eigenvalue weighted by atomic mass is 16.6. The standard InChI is InChI=1S/C17H21N5O3/c23-16(11-21-12-19-17(20-21)22(24)25)18-10-13-6-8-15(9-7-13)14-4-2-1-3-5-14/h1-5,12-13,15H,6-11H2,(H,18,23). The van der Waals surface area contributed by atoms with Crippen molar-refractivity contribution >= 4 is 11.9 Å². The zero-order valence-electron chi connectivity index (χ0n) is 13.9. The van der Waals surface area contributed by atoms with Gasteiger partial charge in [-0.1, -0.05) is 35.3 Å².